The van der Waals surface area contributed by atoms with Crippen LogP contribution in [0.3, 0.4) is 0 Å². The number of alkyl halides is 3. The van der Waals surface area contributed by atoms with Gasteiger partial charge in [-0.1, -0.05) is 6.07 Å². The maximum absolute atomic E-state index is 13.2. The minimum Gasteiger partial charge on any atom is -0.380 e. The molecule has 0 aromatic carbocycles. The minimum atomic E-state index is -4.58. The van der Waals surface area contributed by atoms with Crippen molar-refractivity contribution in [3.05, 3.63) is 63.8 Å². The first-order valence-electron chi connectivity index (χ1n) is 12.6. The Bertz CT molecular complexity index is 1150. The fourth-order valence-electron chi connectivity index (χ4n) is 5.53. The Morgan fingerprint density at radius 3 is 2.78 bits per heavy atom. The lowest BCUT2D eigenvalue weighted by Gasteiger charge is -2.30. The molecular weight excluding hydrogens is 505 g/mol. The smallest absolute Gasteiger partial charge is 0.380 e. The van der Waals surface area contributed by atoms with E-state index < -0.39 is 17.3 Å². The van der Waals surface area contributed by atoms with E-state index in [4.69, 9.17) is 4.74 Å². The van der Waals surface area contributed by atoms with E-state index in [-0.39, 0.29) is 31.3 Å². The van der Waals surface area contributed by atoms with Gasteiger partial charge in [-0.15, -0.1) is 0 Å². The zero-order valence-corrected chi connectivity index (χ0v) is 21.3. The van der Waals surface area contributed by atoms with E-state index in [1.807, 2.05) is 34.9 Å². The fourth-order valence-corrected chi connectivity index (χ4v) is 6.84. The summed E-state index contributed by atoms with van der Waals surface area (Å²) in [7, 11) is 0. The molecule has 0 spiro atoms. The molecule has 2 aromatic heterocycles. The second kappa shape index (κ2) is 11.3. The number of Topliss-reactive ketones (excluding diaryl/α,β-unsaturated/α-hetero) is 1. The van der Waals surface area contributed by atoms with Crippen molar-refractivity contribution in [2.45, 2.75) is 49.2 Å². The van der Waals surface area contributed by atoms with Gasteiger partial charge in [-0.05, 0) is 30.5 Å². The van der Waals surface area contributed by atoms with Crippen LogP contribution < -0.4 is 5.56 Å². The molecule has 3 aliphatic rings. The quantitative estimate of drug-likeness (QED) is 0.514. The topological polar surface area (TPSA) is 67.7 Å². The van der Waals surface area contributed by atoms with Gasteiger partial charge in [0, 0.05) is 80.8 Å². The summed E-state index contributed by atoms with van der Waals surface area (Å²) in [5, 5.41) is 0.293. The third kappa shape index (κ3) is 6.45. The Labute approximate surface area is 218 Å². The van der Waals surface area contributed by atoms with Crippen LogP contribution in [0.15, 0.2) is 41.3 Å². The molecule has 0 saturated carbocycles. The maximum atomic E-state index is 13.2. The Kier molecular flexibility index (Phi) is 8.04. The van der Waals surface area contributed by atoms with Crippen LogP contribution in [0.2, 0.25) is 0 Å². The van der Waals surface area contributed by atoms with Crippen LogP contribution in [0.5, 0.6) is 0 Å². The fraction of sp³-hybridized carbons (Fsp3) is 0.577. The highest BCUT2D eigenvalue weighted by Crippen LogP contribution is 2.35. The van der Waals surface area contributed by atoms with E-state index in [1.165, 1.54) is 4.57 Å². The molecule has 0 N–H and O–H groups in total. The van der Waals surface area contributed by atoms with Crippen molar-refractivity contribution in [3.63, 3.8) is 0 Å². The van der Waals surface area contributed by atoms with Gasteiger partial charge >= 0.3 is 6.18 Å². The number of rotatable bonds is 8. The minimum absolute atomic E-state index is 0.0840. The van der Waals surface area contributed by atoms with Gasteiger partial charge in [0.05, 0.1) is 24.4 Å². The van der Waals surface area contributed by atoms with Crippen LogP contribution in [0.1, 0.15) is 29.8 Å². The normalized spacial score (nSPS) is 24.9. The number of ketones is 1. The zero-order valence-electron chi connectivity index (χ0n) is 20.5. The van der Waals surface area contributed by atoms with Gasteiger partial charge in [-0.25, -0.2) is 0 Å². The number of carbonyl (C=O) groups excluding carboxylic acids is 1. The lowest BCUT2D eigenvalue weighted by Crippen LogP contribution is -2.42. The largest absolute Gasteiger partial charge is 0.416 e. The molecule has 0 amide bonds. The average molecular weight is 537 g/mol. The van der Waals surface area contributed by atoms with Crippen LogP contribution in [0, 0.1) is 5.92 Å². The maximum Gasteiger partial charge on any atom is 0.416 e. The van der Waals surface area contributed by atoms with Crippen molar-refractivity contribution in [3.8, 4) is 0 Å². The molecule has 2 saturated heterocycles. The molecule has 0 bridgehead atoms. The number of halogens is 3. The van der Waals surface area contributed by atoms with Gasteiger partial charge < -0.3 is 9.30 Å². The summed E-state index contributed by atoms with van der Waals surface area (Å²) in [5.41, 5.74) is -0.270. The number of ether oxygens (including phenoxy) is 1. The molecule has 3 aliphatic heterocycles. The molecule has 37 heavy (non-hydrogen) atoms. The van der Waals surface area contributed by atoms with Gasteiger partial charge in [0.15, 0.2) is 0 Å². The molecule has 0 radical (unpaired) electrons. The molecule has 5 heterocycles. The Morgan fingerprint density at radius 1 is 1.19 bits per heavy atom. The van der Waals surface area contributed by atoms with Crippen LogP contribution in [0.25, 0.3) is 0 Å². The van der Waals surface area contributed by atoms with Gasteiger partial charge in [-0.3, -0.25) is 24.4 Å². The third-order valence-corrected chi connectivity index (χ3v) is 8.88. The summed E-state index contributed by atoms with van der Waals surface area (Å²) in [6.07, 6.45) is -1.36. The van der Waals surface area contributed by atoms with Crippen LogP contribution in [-0.2, 0) is 34.6 Å². The van der Waals surface area contributed by atoms with E-state index >= 15 is 0 Å². The van der Waals surface area contributed by atoms with Crippen LogP contribution in [0.4, 0.5) is 13.2 Å². The highest BCUT2D eigenvalue weighted by Gasteiger charge is 2.39. The summed E-state index contributed by atoms with van der Waals surface area (Å²) in [5.74, 6) is 1.06. The second-order valence-electron chi connectivity index (χ2n) is 10.1. The highest BCUT2D eigenvalue weighted by molar-refractivity contribution is 7.99. The number of pyridine rings is 2. The molecule has 2 unspecified atom stereocenters. The summed E-state index contributed by atoms with van der Waals surface area (Å²) in [6, 6.07) is 7.94. The predicted molar refractivity (Wildman–Crippen MR) is 134 cm³/mol. The first-order valence-corrected chi connectivity index (χ1v) is 13.7. The van der Waals surface area contributed by atoms with Crippen LogP contribution >= 0.6 is 11.8 Å². The average Bonchev–Trinajstić information content (AvgIpc) is 3.53. The van der Waals surface area contributed by atoms with Crippen molar-refractivity contribution < 1.29 is 22.7 Å². The molecular formula is C26H31F3N4O3S. The number of thioether (sulfide) groups is 1. The van der Waals surface area contributed by atoms with E-state index in [0.717, 1.165) is 50.2 Å². The number of hydrogen-bond acceptors (Lipinski definition) is 7. The van der Waals surface area contributed by atoms with Crippen LogP contribution in [-0.4, -0.2) is 75.8 Å². The summed E-state index contributed by atoms with van der Waals surface area (Å²) < 4.78 is 46.5. The second-order valence-corrected chi connectivity index (χ2v) is 11.3. The predicted octanol–water partition coefficient (Wildman–Crippen LogP) is 3.06. The van der Waals surface area contributed by atoms with E-state index in [1.54, 1.807) is 6.20 Å². The number of hydrogen-bond donors (Lipinski definition) is 0. The van der Waals surface area contributed by atoms with Crippen molar-refractivity contribution in [2.75, 3.05) is 39.4 Å². The Hall–Kier alpha value is -2.21. The highest BCUT2D eigenvalue weighted by atomic mass is 32.2. The summed E-state index contributed by atoms with van der Waals surface area (Å²) in [6.45, 7) is 4.30. The molecule has 0 aliphatic carbocycles. The van der Waals surface area contributed by atoms with E-state index in [0.29, 0.717) is 36.0 Å². The number of fused-ring (bicyclic) bond motifs is 1. The van der Waals surface area contributed by atoms with Gasteiger partial charge in [-0.2, -0.15) is 24.9 Å². The molecule has 200 valence electrons. The zero-order chi connectivity index (χ0) is 26.0. The van der Waals surface area contributed by atoms with Gasteiger partial charge in [0.2, 0.25) is 0 Å². The molecule has 11 heteroatoms. The van der Waals surface area contributed by atoms with Crippen molar-refractivity contribution in [1.29, 1.82) is 0 Å². The van der Waals surface area contributed by atoms with Gasteiger partial charge in [0.25, 0.3) is 5.56 Å². The number of likely N-dealkylation sites (tertiary alicyclic amines) is 1. The summed E-state index contributed by atoms with van der Waals surface area (Å²) >= 11 is 1.84. The number of nitrogens with zero attached hydrogens (tertiary/aromatic N) is 4. The summed E-state index contributed by atoms with van der Waals surface area (Å²) in [4.78, 5) is 34.1. The van der Waals surface area contributed by atoms with Crippen molar-refractivity contribution >= 4 is 17.5 Å². The Morgan fingerprint density at radius 2 is 2.05 bits per heavy atom. The van der Waals surface area contributed by atoms with Gasteiger partial charge in [0.1, 0.15) is 5.78 Å². The van der Waals surface area contributed by atoms with Crippen molar-refractivity contribution in [2.24, 2.45) is 5.92 Å². The van der Waals surface area contributed by atoms with Crippen molar-refractivity contribution in [1.82, 2.24) is 19.4 Å². The SMILES string of the molecule is O=C(CC1CN(C2CCOC2)C[C@@H]1SCc1ccccn1)CN1CCn2c(cc(C(F)(F)F)cc2=O)C1. The number of carbonyl (C=O) groups is 1. The number of aromatic nitrogens is 2. The first-order chi connectivity index (χ1) is 17.8. The lowest BCUT2D eigenvalue weighted by atomic mass is 10.0. The molecule has 2 fully saturated rings. The molecule has 2 aromatic rings. The monoisotopic (exact) mass is 536 g/mol. The lowest BCUT2D eigenvalue weighted by molar-refractivity contribution is -0.138. The Balaban J connectivity index is 1.22. The standard InChI is InChI=1S/C26H31F3N4O3S/c27-26(28,29)19-10-22-13-31(6-7-33(22)25(35)11-19)14-23(34)9-18-12-32(21-4-8-36-16-21)15-24(18)37-17-20-3-1-2-5-30-20/h1-3,5,10-11,18,21,24H,4,6-9,12-17H2/t18?,21?,24-/m0/s1. The first kappa shape index (κ1) is 26.4. The molecule has 5 rings (SSSR count). The third-order valence-electron chi connectivity index (χ3n) is 7.46. The van der Waals surface area contributed by atoms with E-state index in [9.17, 15) is 22.8 Å². The molecule has 3 atom stereocenters. The van der Waals surface area contributed by atoms with E-state index in [2.05, 4.69) is 9.88 Å². The molecule has 7 nitrogen and oxygen atoms in total.